The van der Waals surface area contributed by atoms with Crippen molar-refractivity contribution in [3.8, 4) is 5.75 Å². The van der Waals surface area contributed by atoms with Gasteiger partial charge in [-0.2, -0.15) is 5.10 Å². The van der Waals surface area contributed by atoms with E-state index in [-0.39, 0.29) is 5.75 Å². The van der Waals surface area contributed by atoms with Crippen LogP contribution in [0.4, 0.5) is 0 Å². The molecule has 0 atom stereocenters. The smallest absolute Gasteiger partial charge is 0.271 e. The van der Waals surface area contributed by atoms with Crippen molar-refractivity contribution in [3.05, 3.63) is 64.7 Å². The molecule has 4 nitrogen and oxygen atoms in total. The maximum atomic E-state index is 11.7. The number of hydrazone groups is 1. The van der Waals surface area contributed by atoms with Gasteiger partial charge in [0.1, 0.15) is 5.75 Å². The van der Waals surface area contributed by atoms with Crippen LogP contribution in [0.2, 0.25) is 5.02 Å². The van der Waals surface area contributed by atoms with E-state index in [1.54, 1.807) is 30.3 Å². The zero-order chi connectivity index (χ0) is 13.7. The minimum atomic E-state index is -0.394. The highest BCUT2D eigenvalue weighted by Gasteiger charge is 2.03. The molecular formula is C14H11ClN2O2. The second kappa shape index (κ2) is 6.02. The van der Waals surface area contributed by atoms with Gasteiger partial charge in [0.15, 0.2) is 0 Å². The van der Waals surface area contributed by atoms with Gasteiger partial charge in [0.25, 0.3) is 5.91 Å². The number of hydrogen-bond acceptors (Lipinski definition) is 3. The Bertz CT molecular complexity index is 626. The predicted octanol–water partition coefficient (Wildman–Crippen LogP) is 2.81. The fraction of sp³-hybridized carbons (Fsp3) is 0. The minimum absolute atomic E-state index is 0.0338. The zero-order valence-electron chi connectivity index (χ0n) is 9.88. The first-order valence-corrected chi connectivity index (χ1v) is 5.91. The molecule has 1 amide bonds. The van der Waals surface area contributed by atoms with Crippen molar-refractivity contribution in [1.29, 1.82) is 0 Å². The Morgan fingerprint density at radius 2 is 2.00 bits per heavy atom. The first-order valence-electron chi connectivity index (χ1n) is 5.53. The molecule has 2 N–H and O–H groups in total. The Morgan fingerprint density at radius 3 is 2.74 bits per heavy atom. The summed E-state index contributed by atoms with van der Waals surface area (Å²) in [6, 6.07) is 13.1. The average molecular weight is 275 g/mol. The molecular weight excluding hydrogens is 264 g/mol. The molecule has 0 bridgehead atoms. The topological polar surface area (TPSA) is 61.7 Å². The van der Waals surface area contributed by atoms with Gasteiger partial charge in [-0.25, -0.2) is 5.43 Å². The number of hydrogen-bond donors (Lipinski definition) is 2. The van der Waals surface area contributed by atoms with Crippen LogP contribution in [0.5, 0.6) is 5.75 Å². The fourth-order valence-electron chi connectivity index (χ4n) is 1.46. The van der Waals surface area contributed by atoms with E-state index < -0.39 is 5.91 Å². The molecule has 2 rings (SSSR count). The Hall–Kier alpha value is -2.33. The highest BCUT2D eigenvalue weighted by molar-refractivity contribution is 6.30. The van der Waals surface area contributed by atoms with E-state index >= 15 is 0 Å². The number of aromatic hydroxyl groups is 1. The monoisotopic (exact) mass is 274 g/mol. The summed E-state index contributed by atoms with van der Waals surface area (Å²) in [4.78, 5) is 11.7. The molecule has 0 aliphatic carbocycles. The lowest BCUT2D eigenvalue weighted by atomic mass is 10.2. The van der Waals surface area contributed by atoms with Gasteiger partial charge in [0, 0.05) is 10.6 Å². The molecule has 0 spiro atoms. The van der Waals surface area contributed by atoms with Crippen LogP contribution in [0.3, 0.4) is 0 Å². The lowest BCUT2D eigenvalue weighted by Crippen LogP contribution is -2.17. The second-order valence-corrected chi connectivity index (χ2v) is 4.24. The summed E-state index contributed by atoms with van der Waals surface area (Å²) >= 11 is 5.82. The van der Waals surface area contributed by atoms with Crippen molar-refractivity contribution in [2.75, 3.05) is 0 Å². The molecule has 0 aliphatic rings. The highest BCUT2D eigenvalue weighted by atomic mass is 35.5. The van der Waals surface area contributed by atoms with Gasteiger partial charge in [-0.15, -0.1) is 0 Å². The van der Waals surface area contributed by atoms with Gasteiger partial charge in [-0.1, -0.05) is 29.8 Å². The lowest BCUT2D eigenvalue weighted by molar-refractivity contribution is 0.0954. The van der Waals surface area contributed by atoms with Crippen molar-refractivity contribution in [2.24, 2.45) is 5.10 Å². The molecule has 0 unspecified atom stereocenters. The normalized spacial score (nSPS) is 10.6. The van der Waals surface area contributed by atoms with Crippen LogP contribution in [-0.4, -0.2) is 17.2 Å². The summed E-state index contributed by atoms with van der Waals surface area (Å²) in [7, 11) is 0. The Morgan fingerprint density at radius 1 is 1.21 bits per heavy atom. The highest BCUT2D eigenvalue weighted by Crippen LogP contribution is 2.11. The summed E-state index contributed by atoms with van der Waals surface area (Å²) in [6.07, 6.45) is 1.49. The first-order chi connectivity index (χ1) is 9.15. The minimum Gasteiger partial charge on any atom is -0.508 e. The van der Waals surface area contributed by atoms with Gasteiger partial charge in [0.2, 0.25) is 0 Å². The van der Waals surface area contributed by atoms with Gasteiger partial charge >= 0.3 is 0 Å². The third-order valence-electron chi connectivity index (χ3n) is 2.34. The summed E-state index contributed by atoms with van der Waals surface area (Å²) in [5, 5.41) is 13.7. The molecule has 0 fully saturated rings. The van der Waals surface area contributed by atoms with Crippen LogP contribution < -0.4 is 5.43 Å². The van der Waals surface area contributed by atoms with Gasteiger partial charge in [-0.3, -0.25) is 4.79 Å². The Balaban J connectivity index is 2.01. The number of phenols is 1. The number of amides is 1. The Kier molecular flexibility index (Phi) is 4.15. The molecule has 0 aliphatic heterocycles. The van der Waals surface area contributed by atoms with Crippen molar-refractivity contribution in [1.82, 2.24) is 5.43 Å². The summed E-state index contributed by atoms with van der Waals surface area (Å²) in [6.45, 7) is 0. The molecule has 2 aromatic rings. The van der Waals surface area contributed by atoms with Crippen LogP contribution in [0.15, 0.2) is 53.6 Å². The van der Waals surface area contributed by atoms with E-state index in [0.29, 0.717) is 10.6 Å². The summed E-state index contributed by atoms with van der Waals surface area (Å²) in [5.41, 5.74) is 3.49. The van der Waals surface area contributed by atoms with Crippen LogP contribution in [-0.2, 0) is 0 Å². The molecule has 5 heteroatoms. The molecule has 0 aromatic heterocycles. The van der Waals surface area contributed by atoms with Crippen LogP contribution in [0.1, 0.15) is 15.9 Å². The van der Waals surface area contributed by atoms with Crippen molar-refractivity contribution >= 4 is 23.7 Å². The SMILES string of the molecule is O=C(N/N=C\c1cccc(Cl)c1)c1cccc(O)c1. The van der Waals surface area contributed by atoms with Gasteiger partial charge in [0.05, 0.1) is 6.21 Å². The van der Waals surface area contributed by atoms with Crippen molar-refractivity contribution in [3.63, 3.8) is 0 Å². The largest absolute Gasteiger partial charge is 0.508 e. The number of carbonyl (C=O) groups excluding carboxylic acids is 1. The molecule has 96 valence electrons. The van der Waals surface area contributed by atoms with E-state index in [4.69, 9.17) is 11.6 Å². The summed E-state index contributed by atoms with van der Waals surface area (Å²) < 4.78 is 0. The van der Waals surface area contributed by atoms with Crippen molar-refractivity contribution in [2.45, 2.75) is 0 Å². The molecule has 0 heterocycles. The Labute approximate surface area is 115 Å². The standard InChI is InChI=1S/C14H11ClN2O2/c15-12-5-1-3-10(7-12)9-16-17-14(19)11-4-2-6-13(18)8-11/h1-9,18H,(H,17,19)/b16-9-. The maximum Gasteiger partial charge on any atom is 0.271 e. The van der Waals surface area contributed by atoms with Gasteiger partial charge in [-0.05, 0) is 35.9 Å². The molecule has 0 radical (unpaired) electrons. The quantitative estimate of drug-likeness (QED) is 0.668. The number of nitrogens with zero attached hydrogens (tertiary/aromatic N) is 1. The van der Waals surface area contributed by atoms with E-state index in [9.17, 15) is 9.90 Å². The predicted molar refractivity (Wildman–Crippen MR) is 74.6 cm³/mol. The molecule has 19 heavy (non-hydrogen) atoms. The van der Waals surface area contributed by atoms with Crippen LogP contribution >= 0.6 is 11.6 Å². The van der Waals surface area contributed by atoms with E-state index in [0.717, 1.165) is 5.56 Å². The molecule has 0 saturated carbocycles. The second-order valence-electron chi connectivity index (χ2n) is 3.80. The number of carbonyl (C=O) groups is 1. The third kappa shape index (κ3) is 3.82. The average Bonchev–Trinajstić information content (AvgIpc) is 2.38. The first kappa shape index (κ1) is 13.1. The zero-order valence-corrected chi connectivity index (χ0v) is 10.6. The third-order valence-corrected chi connectivity index (χ3v) is 2.57. The van der Waals surface area contributed by atoms with Crippen LogP contribution in [0, 0.1) is 0 Å². The molecule has 0 saturated heterocycles. The van der Waals surface area contributed by atoms with Crippen LogP contribution in [0.25, 0.3) is 0 Å². The number of phenolic OH excluding ortho intramolecular Hbond substituents is 1. The number of rotatable bonds is 3. The van der Waals surface area contributed by atoms with E-state index in [2.05, 4.69) is 10.5 Å². The fourth-order valence-corrected chi connectivity index (χ4v) is 1.66. The number of halogens is 1. The number of nitrogens with one attached hydrogen (secondary N) is 1. The van der Waals surface area contributed by atoms with E-state index in [1.807, 2.05) is 6.07 Å². The summed E-state index contributed by atoms with van der Waals surface area (Å²) in [5.74, 6) is -0.361. The van der Waals surface area contributed by atoms with Crippen molar-refractivity contribution < 1.29 is 9.90 Å². The maximum absolute atomic E-state index is 11.7. The lowest BCUT2D eigenvalue weighted by Gasteiger charge is -2.00. The molecule has 2 aromatic carbocycles. The van der Waals surface area contributed by atoms with E-state index in [1.165, 1.54) is 18.3 Å². The number of benzene rings is 2. The van der Waals surface area contributed by atoms with Gasteiger partial charge < -0.3 is 5.11 Å².